The predicted molar refractivity (Wildman–Crippen MR) is 122 cm³/mol. The van der Waals surface area contributed by atoms with E-state index < -0.39 is 17.2 Å². The maximum absolute atomic E-state index is 15.0. The fourth-order valence-electron chi connectivity index (χ4n) is 4.02. The summed E-state index contributed by atoms with van der Waals surface area (Å²) in [5, 5.41) is 26.0. The minimum Gasteiger partial charge on any atom is -0.477 e. The normalized spacial score (nSPS) is 15.4. The number of rotatable bonds is 6. The van der Waals surface area contributed by atoms with Gasteiger partial charge in [-0.25, -0.2) is 9.18 Å². The van der Waals surface area contributed by atoms with Crippen LogP contribution < -0.4 is 10.3 Å². The van der Waals surface area contributed by atoms with Crippen LogP contribution in [-0.4, -0.2) is 64.2 Å². The van der Waals surface area contributed by atoms with E-state index >= 15 is 0 Å². The van der Waals surface area contributed by atoms with Gasteiger partial charge in [0, 0.05) is 56.4 Å². The van der Waals surface area contributed by atoms with Crippen LogP contribution in [0.15, 0.2) is 45.1 Å². The molecule has 0 unspecified atom stereocenters. The third-order valence-electron chi connectivity index (χ3n) is 5.78. The number of benzene rings is 1. The zero-order valence-corrected chi connectivity index (χ0v) is 18.3. The van der Waals surface area contributed by atoms with Gasteiger partial charge in [0.15, 0.2) is 0 Å². The highest BCUT2D eigenvalue weighted by atomic mass is 32.1. The van der Waals surface area contributed by atoms with Crippen molar-refractivity contribution in [2.75, 3.05) is 37.6 Å². The lowest BCUT2D eigenvalue weighted by atomic mass is 10.1. The van der Waals surface area contributed by atoms with E-state index in [0.29, 0.717) is 56.2 Å². The van der Waals surface area contributed by atoms with Gasteiger partial charge in [-0.2, -0.15) is 11.3 Å². The summed E-state index contributed by atoms with van der Waals surface area (Å²) in [6, 6.07) is 4.68. The number of carbonyl (C=O) groups is 1. The van der Waals surface area contributed by atoms with E-state index in [9.17, 15) is 24.3 Å². The molecule has 2 aromatic heterocycles. The second kappa shape index (κ2) is 9.09. The first-order chi connectivity index (χ1) is 15.4. The molecule has 0 bridgehead atoms. The van der Waals surface area contributed by atoms with E-state index in [1.54, 1.807) is 10.6 Å². The van der Waals surface area contributed by atoms with Gasteiger partial charge in [-0.3, -0.25) is 9.69 Å². The maximum atomic E-state index is 15.0. The van der Waals surface area contributed by atoms with Crippen LogP contribution in [0.2, 0.25) is 0 Å². The largest absolute Gasteiger partial charge is 0.477 e. The Balaban J connectivity index is 1.57. The van der Waals surface area contributed by atoms with Crippen LogP contribution in [0.4, 0.5) is 10.1 Å². The van der Waals surface area contributed by atoms with E-state index in [2.05, 4.69) is 10.1 Å². The molecule has 2 N–H and O–H groups in total. The molecular weight excluding hydrogens is 435 g/mol. The van der Waals surface area contributed by atoms with Gasteiger partial charge in [-0.05, 0) is 35.9 Å². The Morgan fingerprint density at radius 1 is 1.25 bits per heavy atom. The van der Waals surface area contributed by atoms with Gasteiger partial charge in [0.05, 0.1) is 11.2 Å². The number of piperazine rings is 1. The van der Waals surface area contributed by atoms with E-state index in [-0.39, 0.29) is 10.9 Å². The highest BCUT2D eigenvalue weighted by Crippen LogP contribution is 2.26. The molecule has 0 amide bonds. The molecule has 10 heteroatoms. The van der Waals surface area contributed by atoms with Crippen LogP contribution >= 0.6 is 11.3 Å². The van der Waals surface area contributed by atoms with E-state index in [1.165, 1.54) is 17.5 Å². The number of aromatic nitrogens is 1. The monoisotopic (exact) mass is 458 g/mol. The van der Waals surface area contributed by atoms with Gasteiger partial charge in [-0.1, -0.05) is 5.16 Å². The van der Waals surface area contributed by atoms with Crippen LogP contribution in [0.5, 0.6) is 0 Å². The molecule has 0 atom stereocenters. The van der Waals surface area contributed by atoms with E-state index in [0.717, 1.165) is 11.6 Å². The van der Waals surface area contributed by atoms with Gasteiger partial charge < -0.3 is 19.8 Å². The third-order valence-corrected chi connectivity index (χ3v) is 6.46. The third kappa shape index (κ3) is 4.11. The van der Waals surface area contributed by atoms with Crippen LogP contribution in [0.1, 0.15) is 22.8 Å². The number of fused-ring (bicyclic) bond motifs is 1. The van der Waals surface area contributed by atoms with Crippen LogP contribution in [-0.2, 0) is 6.54 Å². The number of aryl methyl sites for hydroxylation is 1. The summed E-state index contributed by atoms with van der Waals surface area (Å²) in [7, 11) is 0. The first kappa shape index (κ1) is 22.0. The number of oxime groups is 1. The predicted octanol–water partition coefficient (Wildman–Crippen LogP) is 2.92. The lowest BCUT2D eigenvalue weighted by molar-refractivity contribution is 0.0695. The van der Waals surface area contributed by atoms with E-state index in [1.807, 2.05) is 28.7 Å². The summed E-state index contributed by atoms with van der Waals surface area (Å²) >= 11 is 1.53. The molecule has 0 radical (unpaired) electrons. The number of carboxylic acid groups (broad SMARTS) is 1. The molecule has 32 heavy (non-hydrogen) atoms. The molecule has 168 valence electrons. The summed E-state index contributed by atoms with van der Waals surface area (Å²) < 4.78 is 16.7. The molecule has 0 saturated carbocycles. The highest BCUT2D eigenvalue weighted by Gasteiger charge is 2.23. The van der Waals surface area contributed by atoms with Gasteiger partial charge in [0.1, 0.15) is 17.1 Å². The first-order valence-electron chi connectivity index (χ1n) is 10.2. The Morgan fingerprint density at radius 3 is 2.59 bits per heavy atom. The standard InChI is InChI=1S/C22H23FN4O4S/c1-2-26-11-16(22(29)30)21(28)15-9-17(23)20(10-19(15)26)27-6-4-25(5-7-27)12-18(24-31)14-3-8-32-13-14/h3,8-11,13,31H,2,4-7,12H2,1H3,(H,29,30)/b24-18-. The average Bonchev–Trinajstić information content (AvgIpc) is 3.33. The van der Waals surface area contributed by atoms with Gasteiger partial charge in [0.25, 0.3) is 0 Å². The Kier molecular flexibility index (Phi) is 6.24. The van der Waals surface area contributed by atoms with E-state index in [4.69, 9.17) is 0 Å². The molecule has 8 nitrogen and oxygen atoms in total. The van der Waals surface area contributed by atoms with Crippen molar-refractivity contribution >= 4 is 39.6 Å². The quantitative estimate of drug-likeness (QED) is 0.335. The van der Waals surface area contributed by atoms with Crippen molar-refractivity contribution in [3.05, 3.63) is 62.3 Å². The molecule has 4 rings (SSSR count). The maximum Gasteiger partial charge on any atom is 0.341 e. The van der Waals surface area contributed by atoms with Crippen molar-refractivity contribution < 1.29 is 19.5 Å². The minimum absolute atomic E-state index is 0.0613. The molecule has 1 aromatic carbocycles. The molecule has 1 fully saturated rings. The Bertz CT molecular complexity index is 1230. The lowest BCUT2D eigenvalue weighted by Gasteiger charge is -2.36. The number of nitrogens with zero attached hydrogens (tertiary/aromatic N) is 4. The Hall–Kier alpha value is -3.24. The topological polar surface area (TPSA) is 98.4 Å². The second-order valence-electron chi connectivity index (χ2n) is 7.61. The number of pyridine rings is 1. The molecular formula is C22H23FN4O4S. The summed E-state index contributed by atoms with van der Waals surface area (Å²) in [5.74, 6) is -1.88. The number of halogens is 1. The molecule has 1 aliphatic heterocycles. The first-order valence-corrected chi connectivity index (χ1v) is 11.2. The number of hydrogen-bond donors (Lipinski definition) is 2. The Morgan fingerprint density at radius 2 is 2.00 bits per heavy atom. The molecule has 3 aromatic rings. The zero-order valence-electron chi connectivity index (χ0n) is 17.5. The SMILES string of the molecule is CCn1cc(C(=O)O)c(=O)c2cc(F)c(N3CCN(C/C(=N/O)c4ccsc4)CC3)cc21. The highest BCUT2D eigenvalue weighted by molar-refractivity contribution is 7.08. The molecule has 1 aliphatic rings. The van der Waals surface area contributed by atoms with Crippen molar-refractivity contribution in [3.8, 4) is 0 Å². The van der Waals surface area contributed by atoms with Gasteiger partial charge in [0.2, 0.25) is 5.43 Å². The Labute approximate surface area is 187 Å². The summed E-state index contributed by atoms with van der Waals surface area (Å²) in [6.45, 7) is 5.21. The number of carboxylic acids is 1. The van der Waals surface area contributed by atoms with Crippen LogP contribution in [0.25, 0.3) is 10.9 Å². The fourth-order valence-corrected chi connectivity index (χ4v) is 4.69. The van der Waals surface area contributed by atoms with Crippen LogP contribution in [0.3, 0.4) is 0 Å². The lowest BCUT2D eigenvalue weighted by Crippen LogP contribution is -2.48. The summed E-state index contributed by atoms with van der Waals surface area (Å²) in [4.78, 5) is 28.0. The molecule has 1 saturated heterocycles. The van der Waals surface area contributed by atoms with Crippen molar-refractivity contribution in [2.45, 2.75) is 13.5 Å². The van der Waals surface area contributed by atoms with Crippen molar-refractivity contribution in [1.82, 2.24) is 9.47 Å². The van der Waals surface area contributed by atoms with Gasteiger partial charge in [-0.15, -0.1) is 0 Å². The minimum atomic E-state index is -1.33. The summed E-state index contributed by atoms with van der Waals surface area (Å²) in [6.07, 6.45) is 1.31. The van der Waals surface area contributed by atoms with Crippen molar-refractivity contribution in [3.63, 3.8) is 0 Å². The fraction of sp³-hybridized carbons (Fsp3) is 0.318. The van der Waals surface area contributed by atoms with Crippen molar-refractivity contribution in [2.24, 2.45) is 5.16 Å². The number of anilines is 1. The number of thiophene rings is 1. The average molecular weight is 459 g/mol. The number of aromatic carboxylic acids is 1. The number of hydrogen-bond acceptors (Lipinski definition) is 7. The van der Waals surface area contributed by atoms with Crippen LogP contribution in [0, 0.1) is 5.82 Å². The zero-order chi connectivity index (χ0) is 22.8. The van der Waals surface area contributed by atoms with Gasteiger partial charge >= 0.3 is 5.97 Å². The molecule has 3 heterocycles. The molecule has 0 aliphatic carbocycles. The van der Waals surface area contributed by atoms with Crippen molar-refractivity contribution in [1.29, 1.82) is 0 Å². The summed E-state index contributed by atoms with van der Waals surface area (Å²) in [5.41, 5.74) is 1.32. The molecule has 0 spiro atoms. The second-order valence-corrected chi connectivity index (χ2v) is 8.39. The smallest absolute Gasteiger partial charge is 0.341 e.